The van der Waals surface area contributed by atoms with Gasteiger partial charge in [-0.25, -0.2) is 0 Å². The Morgan fingerprint density at radius 2 is 2.22 bits per heavy atom. The monoisotopic (exact) mass is 336 g/mol. The van der Waals surface area contributed by atoms with Gasteiger partial charge in [0.15, 0.2) is 0 Å². The second-order valence-corrected chi connectivity index (χ2v) is 6.93. The molecule has 6 heteroatoms. The molecular formula is C17H25ClN4O. The molecule has 3 rings (SSSR count). The van der Waals surface area contributed by atoms with Crippen molar-refractivity contribution < 1.29 is 4.79 Å². The van der Waals surface area contributed by atoms with Crippen LogP contribution in [0, 0.1) is 0 Å². The molecule has 1 atom stereocenters. The van der Waals surface area contributed by atoms with Gasteiger partial charge in [0.05, 0.1) is 23.8 Å². The fourth-order valence-electron chi connectivity index (χ4n) is 3.67. The number of carbonyl (C=O) groups excluding carboxylic acids is 1. The van der Waals surface area contributed by atoms with Crippen LogP contribution in [0.1, 0.15) is 32.6 Å². The number of aromatic nitrogens is 2. The van der Waals surface area contributed by atoms with Crippen molar-refractivity contribution in [3.8, 4) is 0 Å². The highest BCUT2D eigenvalue weighted by molar-refractivity contribution is 6.30. The van der Waals surface area contributed by atoms with Crippen molar-refractivity contribution in [3.05, 3.63) is 29.1 Å². The molecule has 0 aromatic carbocycles. The molecule has 0 bridgehead atoms. The Balaban J connectivity index is 1.58. The standard InChI is InChI=1S/C17H25ClN4O/c1-14(23)22-8-3-2-6-17(22)15-5-4-7-20(12-15)9-10-21-13-16(18)11-19-21/h5,11,13,17H,2-4,6-10,12H2,1H3. The molecule has 0 N–H and O–H groups in total. The normalized spacial score (nSPS) is 23.0. The summed E-state index contributed by atoms with van der Waals surface area (Å²) in [6.45, 7) is 6.45. The highest BCUT2D eigenvalue weighted by atomic mass is 35.5. The first kappa shape index (κ1) is 16.5. The molecule has 1 aromatic heterocycles. The number of halogens is 1. The average molecular weight is 337 g/mol. The molecule has 1 saturated heterocycles. The first-order chi connectivity index (χ1) is 11.1. The molecule has 5 nitrogen and oxygen atoms in total. The third-order valence-electron chi connectivity index (χ3n) is 4.84. The van der Waals surface area contributed by atoms with Gasteiger partial charge in [0.1, 0.15) is 0 Å². The zero-order valence-electron chi connectivity index (χ0n) is 13.7. The van der Waals surface area contributed by atoms with Crippen molar-refractivity contribution in [3.63, 3.8) is 0 Å². The summed E-state index contributed by atoms with van der Waals surface area (Å²) in [5.74, 6) is 0.207. The molecule has 1 unspecified atom stereocenters. The fraction of sp³-hybridized carbons (Fsp3) is 0.647. The van der Waals surface area contributed by atoms with Crippen molar-refractivity contribution in [1.29, 1.82) is 0 Å². The Morgan fingerprint density at radius 1 is 1.35 bits per heavy atom. The maximum atomic E-state index is 11.9. The first-order valence-electron chi connectivity index (χ1n) is 8.50. The molecule has 126 valence electrons. The second kappa shape index (κ2) is 7.49. The maximum Gasteiger partial charge on any atom is 0.219 e. The summed E-state index contributed by atoms with van der Waals surface area (Å²) >= 11 is 5.91. The summed E-state index contributed by atoms with van der Waals surface area (Å²) < 4.78 is 1.89. The van der Waals surface area contributed by atoms with E-state index in [1.165, 1.54) is 12.0 Å². The minimum atomic E-state index is 0.207. The minimum Gasteiger partial charge on any atom is -0.336 e. The van der Waals surface area contributed by atoms with E-state index in [1.807, 2.05) is 10.9 Å². The van der Waals surface area contributed by atoms with Crippen LogP contribution in [0.2, 0.25) is 5.02 Å². The number of piperidine rings is 1. The van der Waals surface area contributed by atoms with Gasteiger partial charge in [-0.15, -0.1) is 0 Å². The van der Waals surface area contributed by atoms with E-state index >= 15 is 0 Å². The van der Waals surface area contributed by atoms with E-state index < -0.39 is 0 Å². The predicted molar refractivity (Wildman–Crippen MR) is 91.4 cm³/mol. The molecule has 23 heavy (non-hydrogen) atoms. The zero-order chi connectivity index (χ0) is 16.2. The first-order valence-corrected chi connectivity index (χ1v) is 8.88. The lowest BCUT2D eigenvalue weighted by atomic mass is 9.92. The smallest absolute Gasteiger partial charge is 0.219 e. The summed E-state index contributed by atoms with van der Waals surface area (Å²) in [5.41, 5.74) is 1.42. The van der Waals surface area contributed by atoms with E-state index in [0.29, 0.717) is 11.1 Å². The molecule has 0 radical (unpaired) electrons. The maximum absolute atomic E-state index is 11.9. The molecule has 1 amide bonds. The molecule has 2 aliphatic rings. The Bertz CT molecular complexity index is 583. The Morgan fingerprint density at radius 3 is 2.96 bits per heavy atom. The van der Waals surface area contributed by atoms with Crippen molar-refractivity contribution in [2.45, 2.75) is 45.2 Å². The Hall–Kier alpha value is -1.33. The van der Waals surface area contributed by atoms with Gasteiger partial charge in [0, 0.05) is 39.3 Å². The van der Waals surface area contributed by atoms with Crippen LogP contribution in [-0.2, 0) is 11.3 Å². The van der Waals surface area contributed by atoms with Gasteiger partial charge in [-0.2, -0.15) is 5.10 Å². The third-order valence-corrected chi connectivity index (χ3v) is 5.04. The van der Waals surface area contributed by atoms with Gasteiger partial charge in [-0.05, 0) is 31.3 Å². The largest absolute Gasteiger partial charge is 0.336 e. The second-order valence-electron chi connectivity index (χ2n) is 6.49. The van der Waals surface area contributed by atoms with Gasteiger partial charge < -0.3 is 4.90 Å². The van der Waals surface area contributed by atoms with E-state index in [1.54, 1.807) is 13.1 Å². The number of amides is 1. The number of likely N-dealkylation sites (tertiary alicyclic amines) is 1. The lowest BCUT2D eigenvalue weighted by Gasteiger charge is -2.39. The number of hydrogen-bond donors (Lipinski definition) is 0. The molecule has 0 saturated carbocycles. The summed E-state index contributed by atoms with van der Waals surface area (Å²) in [5, 5.41) is 4.92. The lowest BCUT2D eigenvalue weighted by Crippen LogP contribution is -2.47. The summed E-state index contributed by atoms with van der Waals surface area (Å²) in [7, 11) is 0. The van der Waals surface area contributed by atoms with Gasteiger partial charge in [-0.3, -0.25) is 14.4 Å². The third kappa shape index (κ3) is 4.15. The van der Waals surface area contributed by atoms with Crippen molar-refractivity contribution in [1.82, 2.24) is 19.6 Å². The van der Waals surface area contributed by atoms with Crippen LogP contribution in [0.15, 0.2) is 24.0 Å². The van der Waals surface area contributed by atoms with E-state index in [0.717, 1.165) is 52.0 Å². The molecular weight excluding hydrogens is 312 g/mol. The molecule has 1 fully saturated rings. The number of carbonyl (C=O) groups is 1. The van der Waals surface area contributed by atoms with E-state index in [-0.39, 0.29) is 5.91 Å². The Kier molecular flexibility index (Phi) is 5.38. The number of hydrogen-bond acceptors (Lipinski definition) is 3. The van der Waals surface area contributed by atoms with Gasteiger partial charge in [0.2, 0.25) is 5.91 Å². The summed E-state index contributed by atoms with van der Waals surface area (Å²) in [6, 6.07) is 0.309. The molecule has 0 spiro atoms. The van der Waals surface area contributed by atoms with E-state index in [2.05, 4.69) is 21.0 Å². The van der Waals surface area contributed by atoms with Crippen LogP contribution in [0.5, 0.6) is 0 Å². The number of rotatable bonds is 4. The quantitative estimate of drug-likeness (QED) is 0.793. The van der Waals surface area contributed by atoms with Crippen molar-refractivity contribution >= 4 is 17.5 Å². The van der Waals surface area contributed by atoms with Crippen LogP contribution >= 0.6 is 11.6 Å². The summed E-state index contributed by atoms with van der Waals surface area (Å²) in [6.07, 6.45) is 10.4. The zero-order valence-corrected chi connectivity index (χ0v) is 14.5. The average Bonchev–Trinajstić information content (AvgIpc) is 2.99. The van der Waals surface area contributed by atoms with Gasteiger partial charge >= 0.3 is 0 Å². The van der Waals surface area contributed by atoms with Crippen LogP contribution < -0.4 is 0 Å². The van der Waals surface area contributed by atoms with Crippen LogP contribution in [0.4, 0.5) is 0 Å². The van der Waals surface area contributed by atoms with Crippen LogP contribution in [0.3, 0.4) is 0 Å². The van der Waals surface area contributed by atoms with Crippen molar-refractivity contribution in [2.24, 2.45) is 0 Å². The summed E-state index contributed by atoms with van der Waals surface area (Å²) in [4.78, 5) is 16.4. The SMILES string of the molecule is CC(=O)N1CCCCC1C1=CCCN(CCn2cc(Cl)cn2)C1. The van der Waals surface area contributed by atoms with Crippen LogP contribution in [0.25, 0.3) is 0 Å². The molecule has 0 aliphatic carbocycles. The van der Waals surface area contributed by atoms with Gasteiger partial charge in [0.25, 0.3) is 0 Å². The molecule has 3 heterocycles. The predicted octanol–water partition coefficient (Wildman–Crippen LogP) is 2.57. The topological polar surface area (TPSA) is 41.4 Å². The minimum absolute atomic E-state index is 0.207. The van der Waals surface area contributed by atoms with E-state index in [4.69, 9.17) is 11.6 Å². The molecule has 1 aromatic rings. The van der Waals surface area contributed by atoms with E-state index in [9.17, 15) is 4.79 Å². The van der Waals surface area contributed by atoms with Crippen LogP contribution in [-0.4, -0.2) is 57.7 Å². The number of nitrogens with zero attached hydrogens (tertiary/aromatic N) is 4. The lowest BCUT2D eigenvalue weighted by molar-refractivity contribution is -0.131. The fourth-order valence-corrected chi connectivity index (χ4v) is 3.82. The highest BCUT2D eigenvalue weighted by Gasteiger charge is 2.29. The van der Waals surface area contributed by atoms with Gasteiger partial charge in [-0.1, -0.05) is 17.7 Å². The highest BCUT2D eigenvalue weighted by Crippen LogP contribution is 2.26. The Labute approximate surface area is 142 Å². The molecule has 2 aliphatic heterocycles. The van der Waals surface area contributed by atoms with Crippen molar-refractivity contribution in [2.75, 3.05) is 26.2 Å².